The molecule has 146 valence electrons. The Morgan fingerprint density at radius 3 is 2.76 bits per heavy atom. The number of carbonyl (C=O) groups excluding carboxylic acids is 1. The maximum absolute atomic E-state index is 13.4. The minimum absolute atomic E-state index is 0.0457. The molecule has 8 nitrogen and oxygen atoms in total. The molecule has 1 fully saturated rings. The lowest BCUT2D eigenvalue weighted by molar-refractivity contribution is 0.0621. The summed E-state index contributed by atoms with van der Waals surface area (Å²) in [4.78, 5) is 21.0. The number of amides is 1. The third kappa shape index (κ3) is 3.94. The highest BCUT2D eigenvalue weighted by Crippen LogP contribution is 2.24. The third-order valence-electron chi connectivity index (χ3n) is 5.15. The Balaban J connectivity index is 1.55. The van der Waals surface area contributed by atoms with Gasteiger partial charge in [-0.25, -0.2) is 4.98 Å². The number of piperidine rings is 1. The van der Waals surface area contributed by atoms with Gasteiger partial charge in [-0.15, -0.1) is 0 Å². The molecule has 0 bridgehead atoms. The molecule has 0 saturated carbocycles. The van der Waals surface area contributed by atoms with Crippen molar-refractivity contribution in [1.82, 2.24) is 24.9 Å². The molecule has 0 spiro atoms. The van der Waals surface area contributed by atoms with E-state index in [1.54, 1.807) is 30.7 Å². The summed E-state index contributed by atoms with van der Waals surface area (Å²) in [6.45, 7) is 2.62. The number of nitriles is 1. The Kier molecular flexibility index (Phi) is 5.20. The fourth-order valence-corrected chi connectivity index (χ4v) is 3.62. The van der Waals surface area contributed by atoms with Gasteiger partial charge in [-0.1, -0.05) is 12.1 Å². The average molecular weight is 387 g/mol. The Bertz CT molecular complexity index is 1040. The summed E-state index contributed by atoms with van der Waals surface area (Å²) >= 11 is 0. The summed E-state index contributed by atoms with van der Waals surface area (Å²) in [5, 5.41) is 20.8. The molecule has 2 atom stereocenters. The predicted octanol–water partition coefficient (Wildman–Crippen LogP) is 2.64. The highest BCUT2D eigenvalue weighted by molar-refractivity contribution is 5.98. The van der Waals surface area contributed by atoms with Crippen molar-refractivity contribution in [3.05, 3.63) is 66.1 Å². The summed E-state index contributed by atoms with van der Waals surface area (Å²) in [6.07, 6.45) is 6.60. The SMILES string of the molecule is CC1CCC(Nc2cc(C#N)ccn2)CN1C(=O)c1ccccc1-n1nccn1. The van der Waals surface area contributed by atoms with Crippen LogP contribution in [0.3, 0.4) is 0 Å². The van der Waals surface area contributed by atoms with Crippen LogP contribution in [-0.2, 0) is 0 Å². The summed E-state index contributed by atoms with van der Waals surface area (Å²) in [6, 6.07) is 13.1. The zero-order chi connectivity index (χ0) is 20.2. The van der Waals surface area contributed by atoms with E-state index in [2.05, 4.69) is 33.5 Å². The van der Waals surface area contributed by atoms with Crippen molar-refractivity contribution in [3.8, 4) is 11.8 Å². The first-order valence-electron chi connectivity index (χ1n) is 9.55. The monoisotopic (exact) mass is 387 g/mol. The number of benzene rings is 1. The number of rotatable bonds is 4. The Morgan fingerprint density at radius 2 is 1.97 bits per heavy atom. The minimum atomic E-state index is -0.0457. The van der Waals surface area contributed by atoms with Crippen molar-refractivity contribution < 1.29 is 4.79 Å². The first-order chi connectivity index (χ1) is 14.2. The fourth-order valence-electron chi connectivity index (χ4n) is 3.62. The highest BCUT2D eigenvalue weighted by atomic mass is 16.2. The van der Waals surface area contributed by atoms with Crippen LogP contribution in [0, 0.1) is 11.3 Å². The molecule has 1 N–H and O–H groups in total. The van der Waals surface area contributed by atoms with Crippen LogP contribution in [0.25, 0.3) is 5.69 Å². The van der Waals surface area contributed by atoms with E-state index in [9.17, 15) is 4.79 Å². The van der Waals surface area contributed by atoms with Gasteiger partial charge in [0.2, 0.25) is 0 Å². The molecule has 1 saturated heterocycles. The van der Waals surface area contributed by atoms with Crippen LogP contribution in [0.1, 0.15) is 35.7 Å². The van der Waals surface area contributed by atoms with Gasteiger partial charge in [-0.3, -0.25) is 4.79 Å². The number of nitrogens with zero attached hydrogens (tertiary/aromatic N) is 6. The molecule has 3 heterocycles. The van der Waals surface area contributed by atoms with Crippen molar-refractivity contribution in [2.75, 3.05) is 11.9 Å². The van der Waals surface area contributed by atoms with Crippen LogP contribution < -0.4 is 5.32 Å². The predicted molar refractivity (Wildman–Crippen MR) is 107 cm³/mol. The fraction of sp³-hybridized carbons (Fsp3) is 0.286. The lowest BCUT2D eigenvalue weighted by Gasteiger charge is -2.38. The lowest BCUT2D eigenvalue weighted by Crippen LogP contribution is -2.50. The summed E-state index contributed by atoms with van der Waals surface area (Å²) in [5.74, 6) is 0.604. The largest absolute Gasteiger partial charge is 0.366 e. The molecule has 1 aliphatic heterocycles. The van der Waals surface area contributed by atoms with E-state index in [1.807, 2.05) is 29.2 Å². The van der Waals surface area contributed by atoms with Crippen molar-refractivity contribution in [2.24, 2.45) is 0 Å². The number of carbonyl (C=O) groups is 1. The first kappa shape index (κ1) is 18.6. The maximum Gasteiger partial charge on any atom is 0.256 e. The summed E-state index contributed by atoms with van der Waals surface area (Å²) in [5.41, 5.74) is 1.79. The summed E-state index contributed by atoms with van der Waals surface area (Å²) < 4.78 is 0. The van der Waals surface area contributed by atoms with Gasteiger partial charge in [0.1, 0.15) is 5.82 Å². The van der Waals surface area contributed by atoms with Gasteiger partial charge in [0, 0.05) is 24.8 Å². The molecule has 4 rings (SSSR count). The van der Waals surface area contributed by atoms with Crippen molar-refractivity contribution in [2.45, 2.75) is 31.8 Å². The number of aromatic nitrogens is 4. The van der Waals surface area contributed by atoms with Gasteiger partial charge in [0.05, 0.1) is 35.3 Å². The van der Waals surface area contributed by atoms with Gasteiger partial charge in [-0.05, 0) is 44.0 Å². The molecular formula is C21H21N7O. The van der Waals surface area contributed by atoms with Crippen LogP contribution in [0.4, 0.5) is 5.82 Å². The van der Waals surface area contributed by atoms with Gasteiger partial charge < -0.3 is 10.2 Å². The highest BCUT2D eigenvalue weighted by Gasteiger charge is 2.31. The van der Waals surface area contributed by atoms with E-state index >= 15 is 0 Å². The van der Waals surface area contributed by atoms with Gasteiger partial charge in [0.15, 0.2) is 0 Å². The maximum atomic E-state index is 13.4. The van der Waals surface area contributed by atoms with E-state index in [-0.39, 0.29) is 18.0 Å². The van der Waals surface area contributed by atoms with Crippen LogP contribution in [0.15, 0.2) is 55.0 Å². The van der Waals surface area contributed by atoms with E-state index < -0.39 is 0 Å². The van der Waals surface area contributed by atoms with Gasteiger partial charge in [-0.2, -0.15) is 20.3 Å². The zero-order valence-corrected chi connectivity index (χ0v) is 16.1. The second-order valence-corrected chi connectivity index (χ2v) is 7.10. The molecule has 0 radical (unpaired) electrons. The second kappa shape index (κ2) is 8.10. The summed E-state index contributed by atoms with van der Waals surface area (Å²) in [7, 11) is 0. The zero-order valence-electron chi connectivity index (χ0n) is 16.1. The smallest absolute Gasteiger partial charge is 0.256 e. The number of pyridine rings is 1. The standard InChI is InChI=1S/C21H21N7O/c1-15-6-7-17(26-20-12-16(13-22)8-9-23-20)14-27(15)21(29)18-4-2-3-5-19(18)28-24-10-11-25-28/h2-5,8-12,15,17H,6-7,14H2,1H3,(H,23,26). The number of nitrogens with one attached hydrogen (secondary N) is 1. The average Bonchev–Trinajstić information content (AvgIpc) is 3.29. The molecule has 29 heavy (non-hydrogen) atoms. The van der Waals surface area contributed by atoms with Crippen LogP contribution >= 0.6 is 0 Å². The van der Waals surface area contributed by atoms with Gasteiger partial charge in [0.25, 0.3) is 5.91 Å². The van der Waals surface area contributed by atoms with Crippen LogP contribution in [0.5, 0.6) is 0 Å². The van der Waals surface area contributed by atoms with Gasteiger partial charge >= 0.3 is 0 Å². The van der Waals surface area contributed by atoms with Crippen LogP contribution in [-0.4, -0.2) is 49.4 Å². The quantitative estimate of drug-likeness (QED) is 0.739. The molecule has 1 aromatic carbocycles. The number of hydrogen-bond donors (Lipinski definition) is 1. The minimum Gasteiger partial charge on any atom is -0.366 e. The number of anilines is 1. The van der Waals surface area contributed by atoms with Crippen molar-refractivity contribution in [3.63, 3.8) is 0 Å². The Labute approximate surface area is 168 Å². The molecular weight excluding hydrogens is 366 g/mol. The normalized spacial score (nSPS) is 18.8. The molecule has 1 aliphatic rings. The van der Waals surface area contributed by atoms with E-state index in [0.29, 0.717) is 29.2 Å². The Hall–Kier alpha value is -3.73. The molecule has 0 aliphatic carbocycles. The van der Waals surface area contributed by atoms with Crippen molar-refractivity contribution >= 4 is 11.7 Å². The lowest BCUT2D eigenvalue weighted by atomic mass is 9.97. The third-order valence-corrected chi connectivity index (χ3v) is 5.15. The molecule has 8 heteroatoms. The van der Waals surface area contributed by atoms with Crippen LogP contribution in [0.2, 0.25) is 0 Å². The Morgan fingerprint density at radius 1 is 1.17 bits per heavy atom. The molecule has 2 unspecified atom stereocenters. The van der Waals surface area contributed by atoms with Crippen molar-refractivity contribution in [1.29, 1.82) is 5.26 Å². The van der Waals surface area contributed by atoms with E-state index in [0.717, 1.165) is 12.8 Å². The molecule has 3 aromatic rings. The van der Waals surface area contributed by atoms with E-state index in [4.69, 9.17) is 5.26 Å². The molecule has 2 aromatic heterocycles. The first-order valence-corrected chi connectivity index (χ1v) is 9.55. The number of likely N-dealkylation sites (tertiary alicyclic amines) is 1. The number of para-hydroxylation sites is 1. The van der Waals surface area contributed by atoms with E-state index in [1.165, 1.54) is 4.80 Å². The molecule has 1 amide bonds. The number of hydrogen-bond acceptors (Lipinski definition) is 6. The topological polar surface area (TPSA) is 99.7 Å². The second-order valence-electron chi connectivity index (χ2n) is 7.10.